The first-order chi connectivity index (χ1) is 14.2. The topological polar surface area (TPSA) is 45.7 Å². The molecule has 3 N–H and O–H groups in total. The van der Waals surface area contributed by atoms with Crippen molar-refractivity contribution in [2.75, 3.05) is 11.9 Å². The van der Waals surface area contributed by atoms with E-state index in [1.54, 1.807) is 0 Å². The molecule has 0 saturated heterocycles. The third-order valence-corrected chi connectivity index (χ3v) is 5.26. The Morgan fingerprint density at radius 1 is 0.828 bits per heavy atom. The van der Waals surface area contributed by atoms with E-state index in [1.165, 1.54) is 16.3 Å². The molecular weight excluding hydrogens is 356 g/mol. The summed E-state index contributed by atoms with van der Waals surface area (Å²) >= 11 is 0. The number of para-hydroxylation sites is 1. The molecule has 144 valence electrons. The van der Waals surface area contributed by atoms with Crippen LogP contribution in [-0.4, -0.2) is 12.5 Å². The normalized spacial score (nSPS) is 11.9. The smallest absolute Gasteiger partial charge is 0.279 e. The maximum Gasteiger partial charge on any atom is 0.279 e. The number of quaternary nitrogens is 1. The summed E-state index contributed by atoms with van der Waals surface area (Å²) in [7, 11) is 0. The van der Waals surface area contributed by atoms with Crippen molar-refractivity contribution in [3.05, 3.63) is 103 Å². The van der Waals surface area contributed by atoms with E-state index < -0.39 is 0 Å². The summed E-state index contributed by atoms with van der Waals surface area (Å²) in [5.41, 5.74) is 4.22. The summed E-state index contributed by atoms with van der Waals surface area (Å²) in [6, 6.07) is 33.0. The molecular formula is C26H25N2O+. The van der Waals surface area contributed by atoms with E-state index in [9.17, 15) is 4.79 Å². The molecule has 0 radical (unpaired) electrons. The Hall–Kier alpha value is -3.43. The van der Waals surface area contributed by atoms with Gasteiger partial charge in [-0.25, -0.2) is 0 Å². The highest BCUT2D eigenvalue weighted by Crippen LogP contribution is 2.27. The van der Waals surface area contributed by atoms with Gasteiger partial charge in [-0.3, -0.25) is 4.79 Å². The van der Waals surface area contributed by atoms with Crippen molar-refractivity contribution in [1.82, 2.24) is 0 Å². The van der Waals surface area contributed by atoms with Crippen LogP contribution in [0.15, 0.2) is 97.1 Å². The lowest BCUT2D eigenvalue weighted by Crippen LogP contribution is -2.86. The zero-order valence-corrected chi connectivity index (χ0v) is 16.5. The van der Waals surface area contributed by atoms with E-state index >= 15 is 0 Å². The van der Waals surface area contributed by atoms with Gasteiger partial charge in [0, 0.05) is 16.8 Å². The molecule has 0 aliphatic rings. The van der Waals surface area contributed by atoms with E-state index in [-0.39, 0.29) is 11.9 Å². The molecule has 0 heterocycles. The number of amides is 1. The summed E-state index contributed by atoms with van der Waals surface area (Å²) in [6.07, 6.45) is 0. The molecule has 0 fully saturated rings. The van der Waals surface area contributed by atoms with Crippen LogP contribution < -0.4 is 10.6 Å². The summed E-state index contributed by atoms with van der Waals surface area (Å²) in [5.74, 6) is 0.000433. The van der Waals surface area contributed by atoms with Gasteiger partial charge >= 0.3 is 0 Å². The van der Waals surface area contributed by atoms with E-state index in [0.29, 0.717) is 6.54 Å². The molecule has 29 heavy (non-hydrogen) atoms. The first-order valence-corrected chi connectivity index (χ1v) is 9.97. The van der Waals surface area contributed by atoms with Crippen LogP contribution in [0.1, 0.15) is 18.5 Å². The lowest BCUT2D eigenvalue weighted by atomic mass is 10.00. The molecule has 0 unspecified atom stereocenters. The zero-order chi connectivity index (χ0) is 20.1. The highest BCUT2D eigenvalue weighted by atomic mass is 16.1. The maximum absolute atomic E-state index is 12.7. The van der Waals surface area contributed by atoms with Crippen LogP contribution in [0.2, 0.25) is 0 Å². The Balaban J connectivity index is 1.45. The van der Waals surface area contributed by atoms with Crippen molar-refractivity contribution in [3.63, 3.8) is 0 Å². The Bertz CT molecular complexity index is 1120. The highest BCUT2D eigenvalue weighted by Gasteiger charge is 2.15. The van der Waals surface area contributed by atoms with Gasteiger partial charge in [-0.05, 0) is 29.3 Å². The SMILES string of the molecule is C[C@@H]([NH2+]CC(=O)Nc1ccccc1-c1ccccc1)c1cccc2ccccc12. The van der Waals surface area contributed by atoms with Crippen LogP contribution in [0.25, 0.3) is 21.9 Å². The molecule has 1 amide bonds. The fourth-order valence-electron chi connectivity index (χ4n) is 3.72. The lowest BCUT2D eigenvalue weighted by Gasteiger charge is -2.15. The average Bonchev–Trinajstić information content (AvgIpc) is 2.78. The number of carbonyl (C=O) groups excluding carboxylic acids is 1. The molecule has 0 saturated carbocycles. The standard InChI is InChI=1S/C26H24N2O/c1-19(22-16-9-13-20-12-5-6-14-23(20)22)27-18-26(29)28-25-17-8-7-15-24(25)21-10-3-2-4-11-21/h2-17,19,27H,18H2,1H3,(H,28,29)/p+1/t19-/m1/s1. The molecule has 0 spiro atoms. The highest BCUT2D eigenvalue weighted by molar-refractivity contribution is 5.96. The number of hydrogen-bond acceptors (Lipinski definition) is 1. The molecule has 3 heteroatoms. The summed E-state index contributed by atoms with van der Waals surface area (Å²) in [6.45, 7) is 2.51. The maximum atomic E-state index is 12.7. The van der Waals surface area contributed by atoms with E-state index in [2.05, 4.69) is 72.2 Å². The molecule has 0 bridgehead atoms. The summed E-state index contributed by atoms with van der Waals surface area (Å²) < 4.78 is 0. The number of hydrogen-bond donors (Lipinski definition) is 2. The van der Waals surface area contributed by atoms with E-state index in [1.807, 2.05) is 42.5 Å². The predicted octanol–water partition coefficient (Wildman–Crippen LogP) is 4.77. The van der Waals surface area contributed by atoms with Crippen LogP contribution in [-0.2, 0) is 4.79 Å². The van der Waals surface area contributed by atoms with Crippen molar-refractivity contribution in [3.8, 4) is 11.1 Å². The number of nitrogens with two attached hydrogens (primary N) is 1. The van der Waals surface area contributed by atoms with Crippen LogP contribution in [0.5, 0.6) is 0 Å². The Morgan fingerprint density at radius 2 is 1.52 bits per heavy atom. The Kier molecular flexibility index (Phi) is 5.68. The van der Waals surface area contributed by atoms with Crippen LogP contribution in [0.3, 0.4) is 0 Å². The van der Waals surface area contributed by atoms with Gasteiger partial charge in [-0.1, -0.05) is 91.0 Å². The van der Waals surface area contributed by atoms with Gasteiger partial charge in [0.15, 0.2) is 6.54 Å². The van der Waals surface area contributed by atoms with Crippen molar-refractivity contribution in [2.45, 2.75) is 13.0 Å². The van der Waals surface area contributed by atoms with Crippen LogP contribution in [0.4, 0.5) is 5.69 Å². The number of carbonyl (C=O) groups is 1. The van der Waals surface area contributed by atoms with Gasteiger partial charge in [-0.2, -0.15) is 0 Å². The van der Waals surface area contributed by atoms with Crippen LogP contribution >= 0.6 is 0 Å². The quantitative estimate of drug-likeness (QED) is 0.496. The van der Waals surface area contributed by atoms with Gasteiger partial charge in [-0.15, -0.1) is 0 Å². The fourth-order valence-corrected chi connectivity index (χ4v) is 3.72. The van der Waals surface area contributed by atoms with Gasteiger partial charge in [0.2, 0.25) is 0 Å². The molecule has 0 aliphatic heterocycles. The largest absolute Gasteiger partial charge is 0.332 e. The third-order valence-electron chi connectivity index (χ3n) is 5.26. The molecule has 0 aliphatic carbocycles. The molecule has 4 aromatic rings. The van der Waals surface area contributed by atoms with Gasteiger partial charge < -0.3 is 10.6 Å². The first-order valence-electron chi connectivity index (χ1n) is 9.97. The Morgan fingerprint density at radius 3 is 2.38 bits per heavy atom. The number of rotatable bonds is 6. The minimum Gasteiger partial charge on any atom is -0.332 e. The molecule has 4 aromatic carbocycles. The van der Waals surface area contributed by atoms with Crippen molar-refractivity contribution < 1.29 is 10.1 Å². The number of fused-ring (bicyclic) bond motifs is 1. The van der Waals surface area contributed by atoms with Crippen LogP contribution in [0, 0.1) is 0 Å². The predicted molar refractivity (Wildman–Crippen MR) is 120 cm³/mol. The second-order valence-corrected chi connectivity index (χ2v) is 7.26. The van der Waals surface area contributed by atoms with Gasteiger partial charge in [0.05, 0.1) is 0 Å². The minimum atomic E-state index is 0.000433. The van der Waals surface area contributed by atoms with E-state index in [0.717, 1.165) is 16.8 Å². The number of anilines is 1. The summed E-state index contributed by atoms with van der Waals surface area (Å²) in [5, 5.41) is 7.64. The van der Waals surface area contributed by atoms with Gasteiger partial charge in [0.1, 0.15) is 6.04 Å². The fraction of sp³-hybridized carbons (Fsp3) is 0.115. The molecule has 0 aromatic heterocycles. The summed E-state index contributed by atoms with van der Waals surface area (Å²) in [4.78, 5) is 12.7. The third kappa shape index (κ3) is 4.36. The second-order valence-electron chi connectivity index (χ2n) is 7.26. The van der Waals surface area contributed by atoms with Gasteiger partial charge in [0.25, 0.3) is 5.91 Å². The van der Waals surface area contributed by atoms with E-state index in [4.69, 9.17) is 0 Å². The first kappa shape index (κ1) is 18.9. The average molecular weight is 381 g/mol. The lowest BCUT2D eigenvalue weighted by molar-refractivity contribution is -0.682. The molecule has 3 nitrogen and oxygen atoms in total. The number of nitrogens with one attached hydrogen (secondary N) is 1. The second kappa shape index (κ2) is 8.72. The monoisotopic (exact) mass is 381 g/mol. The van der Waals surface area contributed by atoms with Crippen molar-refractivity contribution in [1.29, 1.82) is 0 Å². The molecule has 1 atom stereocenters. The minimum absolute atomic E-state index is 0.000433. The van der Waals surface area contributed by atoms with Crippen molar-refractivity contribution in [2.24, 2.45) is 0 Å². The number of benzene rings is 4. The Labute approximate surface area is 171 Å². The van der Waals surface area contributed by atoms with Crippen molar-refractivity contribution >= 4 is 22.4 Å². The molecule has 4 rings (SSSR count). The zero-order valence-electron chi connectivity index (χ0n) is 16.5.